The molecule has 7 nitrogen and oxygen atoms in total. The van der Waals surface area contributed by atoms with Gasteiger partial charge in [0.15, 0.2) is 5.65 Å². The molecule has 0 saturated carbocycles. The maximum Gasteiger partial charge on any atom is 0.255 e. The Morgan fingerprint density at radius 3 is 2.74 bits per heavy atom. The normalized spacial score (nSPS) is 16.2. The molecule has 1 aliphatic heterocycles. The molecular weight excluding hydrogens is 440 g/mol. The number of fused-ring (bicyclic) bond motifs is 1. The fourth-order valence-electron chi connectivity index (χ4n) is 4.57. The first-order valence-electron chi connectivity index (χ1n) is 11.0. The molecule has 1 amide bonds. The number of phenols is 1. The lowest BCUT2D eigenvalue weighted by Crippen LogP contribution is -2.49. The number of phenolic OH excluding ortho intramolecular Hbond substituents is 1. The highest BCUT2D eigenvalue weighted by molar-refractivity contribution is 6.07. The van der Waals surface area contributed by atoms with E-state index in [0.717, 1.165) is 17.2 Å². The van der Waals surface area contributed by atoms with E-state index in [1.54, 1.807) is 29.2 Å². The molecule has 1 fully saturated rings. The zero-order valence-electron chi connectivity index (χ0n) is 18.7. The van der Waals surface area contributed by atoms with Crippen molar-refractivity contribution < 1.29 is 18.7 Å². The number of halogens is 2. The van der Waals surface area contributed by atoms with Crippen LogP contribution in [0.3, 0.4) is 0 Å². The zero-order chi connectivity index (χ0) is 24.0. The molecular formula is C25H23F2N5O2. The van der Waals surface area contributed by atoms with E-state index in [2.05, 4.69) is 20.5 Å². The summed E-state index contributed by atoms with van der Waals surface area (Å²) in [6.07, 6.45) is 0. The van der Waals surface area contributed by atoms with Crippen molar-refractivity contribution in [1.82, 2.24) is 25.4 Å². The SMILES string of the molecule is Cc1cc(O)ccc1-c1cc(C(=O)N2CCNCC2c2ccc(F)cc2F)c2c(C)[nH]nc2n1. The van der Waals surface area contributed by atoms with Crippen molar-refractivity contribution in [2.75, 3.05) is 19.6 Å². The summed E-state index contributed by atoms with van der Waals surface area (Å²) in [6, 6.07) is 9.48. The minimum atomic E-state index is -0.689. The predicted octanol–water partition coefficient (Wildman–Crippen LogP) is 4.01. The van der Waals surface area contributed by atoms with Crippen LogP contribution in [0.15, 0.2) is 42.5 Å². The molecule has 0 aliphatic carbocycles. The number of rotatable bonds is 3. The van der Waals surface area contributed by atoms with Crippen molar-refractivity contribution in [2.24, 2.45) is 0 Å². The van der Waals surface area contributed by atoms with Gasteiger partial charge in [-0.05, 0) is 49.7 Å². The molecule has 1 aliphatic rings. The summed E-state index contributed by atoms with van der Waals surface area (Å²) in [5.41, 5.74) is 3.84. The van der Waals surface area contributed by atoms with Gasteiger partial charge < -0.3 is 15.3 Å². The van der Waals surface area contributed by atoms with Crippen molar-refractivity contribution in [1.29, 1.82) is 0 Å². The van der Waals surface area contributed by atoms with Gasteiger partial charge in [-0.25, -0.2) is 13.8 Å². The molecule has 2 aromatic carbocycles. The summed E-state index contributed by atoms with van der Waals surface area (Å²) < 4.78 is 28.2. The Labute approximate surface area is 194 Å². The monoisotopic (exact) mass is 463 g/mol. The van der Waals surface area contributed by atoms with Crippen LogP contribution in [0.1, 0.15) is 33.2 Å². The van der Waals surface area contributed by atoms with Crippen molar-refractivity contribution in [3.63, 3.8) is 0 Å². The molecule has 3 N–H and O–H groups in total. The number of hydrogen-bond donors (Lipinski definition) is 3. The van der Waals surface area contributed by atoms with Gasteiger partial charge in [-0.1, -0.05) is 6.07 Å². The lowest BCUT2D eigenvalue weighted by molar-refractivity contribution is 0.0632. The average molecular weight is 463 g/mol. The molecule has 3 heterocycles. The van der Waals surface area contributed by atoms with E-state index >= 15 is 0 Å². The van der Waals surface area contributed by atoms with Gasteiger partial charge in [0.05, 0.1) is 22.7 Å². The first kappa shape index (κ1) is 22.0. The summed E-state index contributed by atoms with van der Waals surface area (Å²) in [5, 5.41) is 20.8. The van der Waals surface area contributed by atoms with E-state index in [4.69, 9.17) is 0 Å². The van der Waals surface area contributed by atoms with Crippen LogP contribution in [0.25, 0.3) is 22.3 Å². The number of carbonyl (C=O) groups is 1. The van der Waals surface area contributed by atoms with Gasteiger partial charge >= 0.3 is 0 Å². The van der Waals surface area contributed by atoms with E-state index in [0.29, 0.717) is 47.6 Å². The van der Waals surface area contributed by atoms with Crippen LogP contribution in [0.5, 0.6) is 5.75 Å². The maximum atomic E-state index is 14.7. The van der Waals surface area contributed by atoms with Gasteiger partial charge in [0.1, 0.15) is 17.4 Å². The van der Waals surface area contributed by atoms with Gasteiger partial charge in [-0.2, -0.15) is 5.10 Å². The number of nitrogens with zero attached hydrogens (tertiary/aromatic N) is 3. The molecule has 9 heteroatoms. The second kappa shape index (κ2) is 8.49. The van der Waals surface area contributed by atoms with Gasteiger partial charge in [0.2, 0.25) is 0 Å². The Morgan fingerprint density at radius 1 is 1.15 bits per heavy atom. The van der Waals surface area contributed by atoms with Crippen molar-refractivity contribution in [3.05, 3.63) is 76.5 Å². The molecule has 1 atom stereocenters. The van der Waals surface area contributed by atoms with E-state index in [1.165, 1.54) is 12.1 Å². The number of aromatic hydroxyl groups is 1. The second-order valence-electron chi connectivity index (χ2n) is 8.49. The third-order valence-corrected chi connectivity index (χ3v) is 6.25. The average Bonchev–Trinajstić information content (AvgIpc) is 3.19. The summed E-state index contributed by atoms with van der Waals surface area (Å²) in [5.74, 6) is -1.50. The third kappa shape index (κ3) is 3.77. The first-order valence-corrected chi connectivity index (χ1v) is 11.0. The largest absolute Gasteiger partial charge is 0.508 e. The Hall–Kier alpha value is -3.85. The van der Waals surface area contributed by atoms with Crippen LogP contribution in [-0.2, 0) is 0 Å². The first-order chi connectivity index (χ1) is 16.3. The topological polar surface area (TPSA) is 94.1 Å². The number of carbonyl (C=O) groups excluding carboxylic acids is 1. The summed E-state index contributed by atoms with van der Waals surface area (Å²) in [4.78, 5) is 20.2. The Bertz CT molecular complexity index is 1420. The van der Waals surface area contributed by atoms with E-state index in [9.17, 15) is 18.7 Å². The van der Waals surface area contributed by atoms with Crippen LogP contribution in [-0.4, -0.2) is 50.7 Å². The number of benzene rings is 2. The molecule has 2 aromatic heterocycles. The fourth-order valence-corrected chi connectivity index (χ4v) is 4.57. The number of aryl methyl sites for hydroxylation is 2. The molecule has 4 aromatic rings. The molecule has 174 valence electrons. The summed E-state index contributed by atoms with van der Waals surface area (Å²) in [6.45, 7) is 4.91. The third-order valence-electron chi connectivity index (χ3n) is 6.25. The number of nitrogens with one attached hydrogen (secondary N) is 2. The second-order valence-corrected chi connectivity index (χ2v) is 8.49. The highest BCUT2D eigenvalue weighted by atomic mass is 19.1. The molecule has 0 spiro atoms. The smallest absolute Gasteiger partial charge is 0.255 e. The van der Waals surface area contributed by atoms with E-state index in [-0.39, 0.29) is 17.2 Å². The predicted molar refractivity (Wildman–Crippen MR) is 123 cm³/mol. The number of H-pyrrole nitrogens is 1. The van der Waals surface area contributed by atoms with Crippen LogP contribution in [0.4, 0.5) is 8.78 Å². The van der Waals surface area contributed by atoms with Gasteiger partial charge in [-0.3, -0.25) is 9.89 Å². The summed E-state index contributed by atoms with van der Waals surface area (Å²) in [7, 11) is 0. The molecule has 5 rings (SSSR count). The van der Waals surface area contributed by atoms with Crippen LogP contribution in [0, 0.1) is 25.5 Å². The van der Waals surface area contributed by atoms with E-state index < -0.39 is 17.7 Å². The molecule has 34 heavy (non-hydrogen) atoms. The quantitative estimate of drug-likeness (QED) is 0.427. The van der Waals surface area contributed by atoms with Crippen LogP contribution >= 0.6 is 0 Å². The number of hydrogen-bond acceptors (Lipinski definition) is 5. The molecule has 1 saturated heterocycles. The number of amides is 1. The standard InChI is InChI=1S/C25H23F2N5O2/c1-13-9-16(33)4-6-17(13)21-11-19(23-14(2)30-31-24(23)29-21)25(34)32-8-7-28-12-22(32)18-5-3-15(26)10-20(18)27/h3-6,9-11,22,28,33H,7-8,12H2,1-2H3,(H,29,30,31). The van der Waals surface area contributed by atoms with Crippen LogP contribution in [0.2, 0.25) is 0 Å². The zero-order valence-corrected chi connectivity index (χ0v) is 18.7. The Kier molecular flexibility index (Phi) is 5.49. The minimum Gasteiger partial charge on any atom is -0.508 e. The Morgan fingerprint density at radius 2 is 1.97 bits per heavy atom. The van der Waals surface area contributed by atoms with Crippen LogP contribution < -0.4 is 5.32 Å². The number of pyridine rings is 1. The van der Waals surface area contributed by atoms with Crippen molar-refractivity contribution >= 4 is 16.9 Å². The lowest BCUT2D eigenvalue weighted by Gasteiger charge is -2.37. The molecule has 0 radical (unpaired) electrons. The minimum absolute atomic E-state index is 0.138. The molecule has 0 bridgehead atoms. The van der Waals surface area contributed by atoms with Gasteiger partial charge in [0.25, 0.3) is 5.91 Å². The van der Waals surface area contributed by atoms with E-state index in [1.807, 2.05) is 13.8 Å². The number of aromatic amines is 1. The lowest BCUT2D eigenvalue weighted by atomic mass is 9.98. The van der Waals surface area contributed by atoms with Gasteiger partial charge in [0, 0.05) is 42.5 Å². The molecule has 1 unspecified atom stereocenters. The van der Waals surface area contributed by atoms with Gasteiger partial charge in [-0.15, -0.1) is 0 Å². The highest BCUT2D eigenvalue weighted by Gasteiger charge is 2.32. The number of piperazine rings is 1. The van der Waals surface area contributed by atoms with Crippen molar-refractivity contribution in [2.45, 2.75) is 19.9 Å². The maximum absolute atomic E-state index is 14.7. The highest BCUT2D eigenvalue weighted by Crippen LogP contribution is 2.32. The Balaban J connectivity index is 1.63. The fraction of sp³-hybridized carbons (Fsp3) is 0.240. The van der Waals surface area contributed by atoms with Crippen molar-refractivity contribution in [3.8, 4) is 17.0 Å². The number of aromatic nitrogens is 3. The summed E-state index contributed by atoms with van der Waals surface area (Å²) >= 11 is 0.